The van der Waals surface area contributed by atoms with E-state index in [1.165, 1.54) is 30.4 Å². The lowest BCUT2D eigenvalue weighted by Crippen LogP contribution is -2.12. The van der Waals surface area contributed by atoms with E-state index < -0.39 is 17.7 Å². The third kappa shape index (κ3) is 7.27. The molecule has 0 radical (unpaired) electrons. The molecule has 0 spiro atoms. The minimum atomic E-state index is -0.630. The Bertz CT molecular complexity index is 1440. The Labute approximate surface area is 221 Å². The van der Waals surface area contributed by atoms with Crippen molar-refractivity contribution in [1.82, 2.24) is 0 Å². The van der Waals surface area contributed by atoms with Gasteiger partial charge < -0.3 is 14.6 Å². The van der Waals surface area contributed by atoms with E-state index in [2.05, 4.69) is 0 Å². The van der Waals surface area contributed by atoms with Gasteiger partial charge in [0.15, 0.2) is 17.3 Å². The van der Waals surface area contributed by atoms with E-state index in [1.807, 2.05) is 20.8 Å². The molecular formula is C32H28O6. The van der Waals surface area contributed by atoms with E-state index in [-0.39, 0.29) is 22.8 Å². The number of phenols is 1. The van der Waals surface area contributed by atoms with Gasteiger partial charge in [0.05, 0.1) is 16.7 Å². The van der Waals surface area contributed by atoms with Crippen LogP contribution < -0.4 is 9.47 Å². The minimum absolute atomic E-state index is 0.0149. The highest BCUT2D eigenvalue weighted by Gasteiger charge is 2.17. The molecule has 0 unspecified atom stereocenters. The number of carbonyl (C=O) groups excluding carboxylic acids is 3. The molecule has 0 saturated carbocycles. The Morgan fingerprint density at radius 3 is 1.82 bits per heavy atom. The van der Waals surface area contributed by atoms with Gasteiger partial charge in [-0.05, 0) is 67.1 Å². The Kier molecular flexibility index (Phi) is 9.72. The Balaban J connectivity index is 0.00000195. The van der Waals surface area contributed by atoms with Crippen molar-refractivity contribution in [2.75, 3.05) is 0 Å². The first-order valence-electron chi connectivity index (χ1n) is 12.1. The summed E-state index contributed by atoms with van der Waals surface area (Å²) in [4.78, 5) is 37.9. The van der Waals surface area contributed by atoms with Crippen molar-refractivity contribution in [3.8, 4) is 17.2 Å². The van der Waals surface area contributed by atoms with Crippen LogP contribution in [0.1, 0.15) is 56.0 Å². The second-order valence-electron chi connectivity index (χ2n) is 7.94. The Hall–Kier alpha value is -4.97. The van der Waals surface area contributed by atoms with Crippen molar-refractivity contribution >= 4 is 23.8 Å². The Morgan fingerprint density at radius 1 is 0.684 bits per heavy atom. The number of aryl methyl sites for hydroxylation is 1. The van der Waals surface area contributed by atoms with Gasteiger partial charge in [0, 0.05) is 0 Å². The number of ether oxygens (including phenoxy) is 2. The summed E-state index contributed by atoms with van der Waals surface area (Å²) in [6, 6.07) is 26.2. The minimum Gasteiger partial charge on any atom is -0.507 e. The number of hydrogen-bond donors (Lipinski definition) is 1. The van der Waals surface area contributed by atoms with Gasteiger partial charge in [-0.15, -0.1) is 0 Å². The van der Waals surface area contributed by atoms with Crippen LogP contribution in [0.4, 0.5) is 0 Å². The second kappa shape index (κ2) is 13.4. The summed E-state index contributed by atoms with van der Waals surface area (Å²) in [5, 5.41) is 10.0. The second-order valence-corrected chi connectivity index (χ2v) is 7.94. The highest BCUT2D eigenvalue weighted by atomic mass is 16.6. The van der Waals surface area contributed by atoms with Crippen molar-refractivity contribution in [2.45, 2.75) is 20.8 Å². The standard InChI is InChI=1S/C30H22O6.C2H6/c1-20-12-15-25(31)24(18-20)26(32)16-13-21-14-17-27(35-29(33)22-8-4-2-5-9-22)28(19-21)36-30(34)23-10-6-3-7-11-23;1-2/h2-19,31H,1H3;1-2H3/b16-13+;. The molecule has 6 nitrogen and oxygen atoms in total. The fourth-order valence-corrected chi connectivity index (χ4v) is 3.37. The van der Waals surface area contributed by atoms with Crippen LogP contribution in [0.25, 0.3) is 6.08 Å². The molecule has 0 bridgehead atoms. The maximum atomic E-state index is 12.7. The predicted octanol–water partition coefficient (Wildman–Crippen LogP) is 7.06. The molecule has 0 aromatic heterocycles. The van der Waals surface area contributed by atoms with Crippen LogP contribution in [0, 0.1) is 6.92 Å². The molecule has 4 aromatic rings. The van der Waals surface area contributed by atoms with Crippen LogP contribution in [0.2, 0.25) is 0 Å². The number of carbonyl (C=O) groups is 3. The highest BCUT2D eigenvalue weighted by Crippen LogP contribution is 2.31. The number of rotatable bonds is 7. The summed E-state index contributed by atoms with van der Waals surface area (Å²) in [7, 11) is 0. The van der Waals surface area contributed by atoms with Gasteiger partial charge in [-0.25, -0.2) is 9.59 Å². The van der Waals surface area contributed by atoms with E-state index in [0.29, 0.717) is 16.7 Å². The van der Waals surface area contributed by atoms with Crippen molar-refractivity contribution in [1.29, 1.82) is 0 Å². The first-order valence-corrected chi connectivity index (χ1v) is 12.1. The monoisotopic (exact) mass is 508 g/mol. The van der Waals surface area contributed by atoms with Gasteiger partial charge >= 0.3 is 11.9 Å². The Morgan fingerprint density at radius 2 is 1.24 bits per heavy atom. The van der Waals surface area contributed by atoms with Crippen molar-refractivity contribution in [3.05, 3.63) is 131 Å². The van der Waals surface area contributed by atoms with Crippen molar-refractivity contribution in [2.24, 2.45) is 0 Å². The number of ketones is 1. The third-order valence-corrected chi connectivity index (χ3v) is 5.24. The molecule has 4 rings (SSSR count). The van der Waals surface area contributed by atoms with Gasteiger partial charge in [0.2, 0.25) is 0 Å². The van der Waals surface area contributed by atoms with Crippen molar-refractivity contribution in [3.63, 3.8) is 0 Å². The molecule has 38 heavy (non-hydrogen) atoms. The van der Waals surface area contributed by atoms with Gasteiger partial charge in [-0.2, -0.15) is 0 Å². The molecule has 0 amide bonds. The molecule has 0 aliphatic rings. The molecule has 1 N–H and O–H groups in total. The summed E-state index contributed by atoms with van der Waals surface area (Å²) >= 11 is 0. The third-order valence-electron chi connectivity index (χ3n) is 5.24. The van der Waals surface area contributed by atoms with Crippen molar-refractivity contribution < 1.29 is 29.0 Å². The number of aromatic hydroxyl groups is 1. The SMILES string of the molecule is CC.Cc1ccc(O)c(C(=O)/C=C/c2ccc(OC(=O)c3ccccc3)c(OC(=O)c3ccccc3)c2)c1. The molecule has 6 heteroatoms. The van der Waals surface area contributed by atoms with E-state index in [1.54, 1.807) is 78.9 Å². The van der Waals surface area contributed by atoms with Gasteiger partial charge in [-0.3, -0.25) is 4.79 Å². The lowest BCUT2D eigenvalue weighted by Gasteiger charge is -2.12. The average Bonchev–Trinajstić information content (AvgIpc) is 2.96. The summed E-state index contributed by atoms with van der Waals surface area (Å²) in [6.07, 6.45) is 2.83. The van der Waals surface area contributed by atoms with Gasteiger partial charge in [0.25, 0.3) is 0 Å². The van der Waals surface area contributed by atoms with Crippen LogP contribution >= 0.6 is 0 Å². The van der Waals surface area contributed by atoms with Crippen LogP contribution in [-0.4, -0.2) is 22.8 Å². The fourth-order valence-electron chi connectivity index (χ4n) is 3.37. The number of benzene rings is 4. The normalized spacial score (nSPS) is 10.3. The smallest absolute Gasteiger partial charge is 0.343 e. The zero-order valence-electron chi connectivity index (χ0n) is 21.4. The molecule has 0 heterocycles. The first kappa shape index (κ1) is 27.6. The predicted molar refractivity (Wildman–Crippen MR) is 147 cm³/mol. The van der Waals surface area contributed by atoms with Crippen LogP contribution in [0.15, 0.2) is 103 Å². The van der Waals surface area contributed by atoms with E-state index in [9.17, 15) is 19.5 Å². The quantitative estimate of drug-likeness (QED) is 0.124. The lowest BCUT2D eigenvalue weighted by molar-refractivity contribution is 0.0682. The van der Waals surface area contributed by atoms with E-state index >= 15 is 0 Å². The average molecular weight is 509 g/mol. The largest absolute Gasteiger partial charge is 0.507 e. The zero-order chi connectivity index (χ0) is 27.5. The number of phenolic OH excluding ortho intramolecular Hbond substituents is 1. The summed E-state index contributed by atoms with van der Waals surface area (Å²) in [5.74, 6) is -1.68. The molecule has 0 aliphatic carbocycles. The highest BCUT2D eigenvalue weighted by molar-refractivity contribution is 6.08. The molecular weight excluding hydrogens is 480 g/mol. The summed E-state index contributed by atoms with van der Waals surface area (Å²) < 4.78 is 11.1. The van der Waals surface area contributed by atoms with Gasteiger partial charge in [-0.1, -0.05) is 74.0 Å². The summed E-state index contributed by atoms with van der Waals surface area (Å²) in [6.45, 7) is 5.82. The molecule has 0 fully saturated rings. The lowest BCUT2D eigenvalue weighted by atomic mass is 10.1. The summed E-state index contributed by atoms with van der Waals surface area (Å²) in [5.41, 5.74) is 2.19. The van der Waals surface area contributed by atoms with Crippen LogP contribution in [0.5, 0.6) is 17.2 Å². The van der Waals surface area contributed by atoms with E-state index in [4.69, 9.17) is 9.47 Å². The maximum absolute atomic E-state index is 12.7. The maximum Gasteiger partial charge on any atom is 0.343 e. The molecule has 0 atom stereocenters. The van der Waals surface area contributed by atoms with Crippen LogP contribution in [0.3, 0.4) is 0 Å². The van der Waals surface area contributed by atoms with Gasteiger partial charge in [0.1, 0.15) is 5.75 Å². The molecule has 0 saturated heterocycles. The molecule has 192 valence electrons. The van der Waals surface area contributed by atoms with E-state index in [0.717, 1.165) is 5.56 Å². The molecule has 0 aliphatic heterocycles. The molecule has 4 aromatic carbocycles. The topological polar surface area (TPSA) is 89.9 Å². The number of esters is 2. The fraction of sp³-hybridized carbons (Fsp3) is 0.0938. The zero-order valence-corrected chi connectivity index (χ0v) is 21.4. The number of hydrogen-bond acceptors (Lipinski definition) is 6. The number of allylic oxidation sites excluding steroid dienone is 1. The first-order chi connectivity index (χ1) is 18.4. The van der Waals surface area contributed by atoms with Crippen LogP contribution in [-0.2, 0) is 0 Å².